The maximum Gasteiger partial charge on any atom is 0.255 e. The van der Waals surface area contributed by atoms with Crippen molar-refractivity contribution in [1.82, 2.24) is 0 Å². The molecule has 0 unspecified atom stereocenters. The van der Waals surface area contributed by atoms with Crippen LogP contribution in [0.15, 0.2) is 72.8 Å². The number of amides is 2. The molecule has 6 heteroatoms. The smallest absolute Gasteiger partial charge is 0.255 e. The number of nitrogens with one attached hydrogen (secondary N) is 2. The van der Waals surface area contributed by atoms with Gasteiger partial charge >= 0.3 is 0 Å². The van der Waals surface area contributed by atoms with Crippen molar-refractivity contribution >= 4 is 23.2 Å². The van der Waals surface area contributed by atoms with E-state index in [9.17, 15) is 9.59 Å². The van der Waals surface area contributed by atoms with E-state index in [4.69, 9.17) is 9.47 Å². The minimum absolute atomic E-state index is 0.163. The van der Waals surface area contributed by atoms with Gasteiger partial charge in [0.25, 0.3) is 11.8 Å². The van der Waals surface area contributed by atoms with Gasteiger partial charge in [0.1, 0.15) is 0 Å². The van der Waals surface area contributed by atoms with Crippen molar-refractivity contribution in [1.29, 1.82) is 0 Å². The zero-order valence-electron chi connectivity index (χ0n) is 14.3. The Kier molecular flexibility index (Phi) is 4.45. The summed E-state index contributed by atoms with van der Waals surface area (Å²) in [5, 5.41) is 5.63. The zero-order valence-corrected chi connectivity index (χ0v) is 14.3. The lowest BCUT2D eigenvalue weighted by atomic mass is 10.1. The first-order valence-corrected chi connectivity index (χ1v) is 8.36. The minimum atomic E-state index is -0.255. The van der Waals surface area contributed by atoms with Crippen LogP contribution in [0.2, 0.25) is 0 Å². The highest BCUT2D eigenvalue weighted by Gasteiger charge is 2.16. The fraction of sp³-hybridized carbons (Fsp3) is 0.0476. The Bertz CT molecular complexity index is 985. The van der Waals surface area contributed by atoms with E-state index in [0.717, 1.165) is 0 Å². The van der Waals surface area contributed by atoms with Crippen LogP contribution in [0.25, 0.3) is 0 Å². The molecule has 27 heavy (non-hydrogen) atoms. The standard InChI is InChI=1S/C21H16N2O4/c24-20(14-4-2-1-3-5-14)22-16-7-9-17(10-8-16)23-21(25)15-6-11-18-19(12-15)27-13-26-18/h1-12H,13H2,(H,22,24)(H,23,25). The molecule has 1 aliphatic heterocycles. The predicted molar refractivity (Wildman–Crippen MR) is 101 cm³/mol. The predicted octanol–water partition coefficient (Wildman–Crippen LogP) is 3.92. The molecule has 4 rings (SSSR count). The average Bonchev–Trinajstić information content (AvgIpc) is 3.18. The molecule has 0 atom stereocenters. The fourth-order valence-electron chi connectivity index (χ4n) is 2.67. The van der Waals surface area contributed by atoms with Gasteiger partial charge < -0.3 is 20.1 Å². The molecule has 3 aromatic rings. The quantitative estimate of drug-likeness (QED) is 0.739. The van der Waals surface area contributed by atoms with E-state index in [1.54, 1.807) is 54.6 Å². The SMILES string of the molecule is O=C(Nc1ccc(NC(=O)c2ccc3c(c2)OCO3)cc1)c1ccccc1. The topological polar surface area (TPSA) is 76.7 Å². The number of hydrogen-bond donors (Lipinski definition) is 2. The van der Waals surface area contributed by atoms with E-state index >= 15 is 0 Å². The maximum absolute atomic E-state index is 12.4. The normalized spacial score (nSPS) is 11.7. The van der Waals surface area contributed by atoms with Crippen molar-refractivity contribution < 1.29 is 19.1 Å². The molecule has 1 heterocycles. The molecule has 0 saturated heterocycles. The van der Waals surface area contributed by atoms with Gasteiger partial charge in [-0.3, -0.25) is 9.59 Å². The lowest BCUT2D eigenvalue weighted by Gasteiger charge is -2.08. The molecule has 2 amide bonds. The van der Waals surface area contributed by atoms with Crippen LogP contribution in [0, 0.1) is 0 Å². The Morgan fingerprint density at radius 2 is 1.26 bits per heavy atom. The van der Waals surface area contributed by atoms with Crippen LogP contribution in [0.1, 0.15) is 20.7 Å². The Hall–Kier alpha value is -3.80. The van der Waals surface area contributed by atoms with Crippen molar-refractivity contribution in [2.24, 2.45) is 0 Å². The highest BCUT2D eigenvalue weighted by molar-refractivity contribution is 6.06. The number of benzene rings is 3. The van der Waals surface area contributed by atoms with Gasteiger partial charge in [-0.15, -0.1) is 0 Å². The molecule has 0 fully saturated rings. The summed E-state index contributed by atoms with van der Waals surface area (Å²) < 4.78 is 10.5. The molecule has 1 aliphatic rings. The summed E-state index contributed by atoms with van der Waals surface area (Å²) in [4.78, 5) is 24.5. The fourth-order valence-corrected chi connectivity index (χ4v) is 2.67. The summed E-state index contributed by atoms with van der Waals surface area (Å²) in [7, 11) is 0. The summed E-state index contributed by atoms with van der Waals surface area (Å²) in [6.45, 7) is 0.163. The van der Waals surface area contributed by atoms with Crippen LogP contribution in [-0.4, -0.2) is 18.6 Å². The largest absolute Gasteiger partial charge is 0.454 e. The minimum Gasteiger partial charge on any atom is -0.454 e. The Labute approximate surface area is 155 Å². The molecule has 0 aliphatic carbocycles. The molecule has 134 valence electrons. The number of carbonyl (C=O) groups excluding carboxylic acids is 2. The van der Waals surface area contributed by atoms with Crippen LogP contribution in [0.4, 0.5) is 11.4 Å². The molecule has 0 spiro atoms. The van der Waals surface area contributed by atoms with Crippen molar-refractivity contribution in [3.8, 4) is 11.5 Å². The van der Waals surface area contributed by atoms with E-state index in [1.807, 2.05) is 18.2 Å². The van der Waals surface area contributed by atoms with E-state index in [0.29, 0.717) is 34.0 Å². The zero-order chi connectivity index (χ0) is 18.6. The second-order valence-corrected chi connectivity index (χ2v) is 5.92. The van der Waals surface area contributed by atoms with Gasteiger partial charge in [-0.2, -0.15) is 0 Å². The molecule has 2 N–H and O–H groups in total. The molecular weight excluding hydrogens is 344 g/mol. The summed E-state index contributed by atoms with van der Waals surface area (Å²) >= 11 is 0. The lowest BCUT2D eigenvalue weighted by molar-refractivity contribution is 0.101. The van der Waals surface area contributed by atoms with Gasteiger partial charge in [0.05, 0.1) is 0 Å². The molecule has 0 bridgehead atoms. The molecule has 3 aromatic carbocycles. The number of anilines is 2. The number of rotatable bonds is 4. The molecule has 0 radical (unpaired) electrons. The summed E-state index contributed by atoms with van der Waals surface area (Å²) in [5.41, 5.74) is 2.32. The van der Waals surface area contributed by atoms with E-state index < -0.39 is 0 Å². The van der Waals surface area contributed by atoms with Crippen LogP contribution in [0.5, 0.6) is 11.5 Å². The van der Waals surface area contributed by atoms with Gasteiger partial charge in [0.2, 0.25) is 6.79 Å². The van der Waals surface area contributed by atoms with Crippen LogP contribution in [0.3, 0.4) is 0 Å². The first-order chi connectivity index (χ1) is 13.2. The van der Waals surface area contributed by atoms with E-state index in [2.05, 4.69) is 10.6 Å². The van der Waals surface area contributed by atoms with Gasteiger partial charge in [0, 0.05) is 22.5 Å². The van der Waals surface area contributed by atoms with Crippen LogP contribution in [-0.2, 0) is 0 Å². The van der Waals surface area contributed by atoms with Crippen molar-refractivity contribution in [3.63, 3.8) is 0 Å². The highest BCUT2D eigenvalue weighted by atomic mass is 16.7. The van der Waals surface area contributed by atoms with Crippen LogP contribution < -0.4 is 20.1 Å². The average molecular weight is 360 g/mol. The number of carbonyl (C=O) groups is 2. The van der Waals surface area contributed by atoms with Gasteiger partial charge in [-0.25, -0.2) is 0 Å². The number of fused-ring (bicyclic) bond motifs is 1. The summed E-state index contributed by atoms with van der Waals surface area (Å²) in [5.74, 6) is 0.744. The van der Waals surface area contributed by atoms with Crippen molar-refractivity contribution in [3.05, 3.63) is 83.9 Å². The molecule has 0 aromatic heterocycles. The highest BCUT2D eigenvalue weighted by Crippen LogP contribution is 2.32. The van der Waals surface area contributed by atoms with Crippen molar-refractivity contribution in [2.45, 2.75) is 0 Å². The lowest BCUT2D eigenvalue weighted by Crippen LogP contribution is -2.13. The first-order valence-electron chi connectivity index (χ1n) is 8.36. The van der Waals surface area contributed by atoms with Gasteiger partial charge in [0.15, 0.2) is 11.5 Å². The third kappa shape index (κ3) is 3.74. The van der Waals surface area contributed by atoms with E-state index in [1.165, 1.54) is 0 Å². The third-order valence-electron chi connectivity index (χ3n) is 4.07. The summed E-state index contributed by atoms with van der Waals surface area (Å²) in [6.07, 6.45) is 0. The molecule has 0 saturated carbocycles. The summed E-state index contributed by atoms with van der Waals surface area (Å²) in [6, 6.07) is 20.9. The monoisotopic (exact) mass is 360 g/mol. The Morgan fingerprint density at radius 1 is 0.667 bits per heavy atom. The Balaban J connectivity index is 1.40. The van der Waals surface area contributed by atoms with Crippen molar-refractivity contribution in [2.75, 3.05) is 17.4 Å². The molecular formula is C21H16N2O4. The molecule has 6 nitrogen and oxygen atoms in total. The number of ether oxygens (including phenoxy) is 2. The van der Waals surface area contributed by atoms with E-state index in [-0.39, 0.29) is 18.6 Å². The van der Waals surface area contributed by atoms with Gasteiger partial charge in [-0.05, 0) is 54.6 Å². The second kappa shape index (κ2) is 7.21. The maximum atomic E-state index is 12.4. The second-order valence-electron chi connectivity index (χ2n) is 5.92. The third-order valence-corrected chi connectivity index (χ3v) is 4.07. The van der Waals surface area contributed by atoms with Crippen LogP contribution >= 0.6 is 0 Å². The number of hydrogen-bond acceptors (Lipinski definition) is 4. The first kappa shape index (κ1) is 16.7. The Morgan fingerprint density at radius 3 is 1.93 bits per heavy atom. The van der Waals surface area contributed by atoms with Gasteiger partial charge in [-0.1, -0.05) is 18.2 Å².